The Morgan fingerprint density at radius 3 is 2.72 bits per heavy atom. The Morgan fingerprint density at radius 2 is 2.00 bits per heavy atom. The number of aromatic nitrogens is 1. The van der Waals surface area contributed by atoms with Gasteiger partial charge in [-0.15, -0.1) is 11.3 Å². The van der Waals surface area contributed by atoms with Crippen LogP contribution in [0.5, 0.6) is 0 Å². The van der Waals surface area contributed by atoms with Crippen LogP contribution in [0.15, 0.2) is 35.3 Å². The maximum Gasteiger partial charge on any atom is 0.191 e. The van der Waals surface area contributed by atoms with Crippen LogP contribution in [0.3, 0.4) is 0 Å². The largest absolute Gasteiger partial charge is 0.382 e. The summed E-state index contributed by atoms with van der Waals surface area (Å²) in [7, 11) is 1.80. The molecule has 136 valence electrons. The number of aryl methyl sites for hydroxylation is 1. The molecular weight excluding hydrogens is 332 g/mol. The van der Waals surface area contributed by atoms with E-state index in [1.165, 1.54) is 10.4 Å². The maximum absolute atomic E-state index is 5.34. The standard InChI is InChI=1S/C19H28N4OS/c1-4-24-13-9-8-12-21-19(20-3)22-14-17-15(2)23-18(25-17)16-10-6-5-7-11-16/h5-7,10-11H,4,8-9,12-14H2,1-3H3,(H2,20,21,22). The molecule has 1 aromatic heterocycles. The highest BCUT2D eigenvalue weighted by molar-refractivity contribution is 7.15. The molecule has 5 nitrogen and oxygen atoms in total. The number of nitrogens with zero attached hydrogens (tertiary/aromatic N) is 2. The van der Waals surface area contributed by atoms with Crippen molar-refractivity contribution in [1.82, 2.24) is 15.6 Å². The van der Waals surface area contributed by atoms with E-state index in [-0.39, 0.29) is 0 Å². The maximum atomic E-state index is 5.34. The minimum Gasteiger partial charge on any atom is -0.382 e. The van der Waals surface area contributed by atoms with Gasteiger partial charge in [-0.05, 0) is 26.7 Å². The molecule has 0 amide bonds. The number of aliphatic imine (C=N–C) groups is 1. The van der Waals surface area contributed by atoms with Crippen molar-refractivity contribution in [2.75, 3.05) is 26.8 Å². The number of thiazole rings is 1. The molecule has 2 N–H and O–H groups in total. The average molecular weight is 361 g/mol. The fourth-order valence-electron chi connectivity index (χ4n) is 2.36. The van der Waals surface area contributed by atoms with Gasteiger partial charge in [0.05, 0.1) is 12.2 Å². The van der Waals surface area contributed by atoms with Gasteiger partial charge in [0.2, 0.25) is 0 Å². The van der Waals surface area contributed by atoms with Gasteiger partial charge in [0.15, 0.2) is 5.96 Å². The molecule has 0 aliphatic heterocycles. The van der Waals surface area contributed by atoms with Crippen LogP contribution in [-0.2, 0) is 11.3 Å². The Bertz CT molecular complexity index is 655. The molecule has 6 heteroatoms. The van der Waals surface area contributed by atoms with Crippen molar-refractivity contribution in [2.45, 2.75) is 33.2 Å². The quantitative estimate of drug-likeness (QED) is 0.407. The van der Waals surface area contributed by atoms with Gasteiger partial charge < -0.3 is 15.4 Å². The van der Waals surface area contributed by atoms with E-state index in [1.54, 1.807) is 18.4 Å². The highest BCUT2D eigenvalue weighted by atomic mass is 32.1. The molecule has 0 fully saturated rings. The molecule has 1 heterocycles. The van der Waals surface area contributed by atoms with Crippen LogP contribution >= 0.6 is 11.3 Å². The zero-order valence-corrected chi connectivity index (χ0v) is 16.2. The van der Waals surface area contributed by atoms with E-state index in [4.69, 9.17) is 9.72 Å². The summed E-state index contributed by atoms with van der Waals surface area (Å²) in [5, 5.41) is 7.78. The van der Waals surface area contributed by atoms with Gasteiger partial charge in [0.1, 0.15) is 5.01 Å². The molecule has 2 rings (SSSR count). The van der Waals surface area contributed by atoms with Gasteiger partial charge >= 0.3 is 0 Å². The molecule has 25 heavy (non-hydrogen) atoms. The van der Waals surface area contributed by atoms with Gasteiger partial charge in [0, 0.05) is 37.2 Å². The molecule has 0 spiro atoms. The third kappa shape index (κ3) is 6.48. The van der Waals surface area contributed by atoms with Gasteiger partial charge in [-0.3, -0.25) is 4.99 Å². The molecule has 0 radical (unpaired) electrons. The summed E-state index contributed by atoms with van der Waals surface area (Å²) in [5.74, 6) is 0.825. The topological polar surface area (TPSA) is 58.5 Å². The van der Waals surface area contributed by atoms with Crippen LogP contribution in [0.25, 0.3) is 10.6 Å². The summed E-state index contributed by atoms with van der Waals surface area (Å²) in [6, 6.07) is 10.3. The Labute approximate surface area is 154 Å². The lowest BCUT2D eigenvalue weighted by atomic mass is 10.2. The molecule has 2 aromatic rings. The lowest BCUT2D eigenvalue weighted by Crippen LogP contribution is -2.37. The summed E-state index contributed by atoms with van der Waals surface area (Å²) < 4.78 is 5.34. The van der Waals surface area contributed by atoms with Gasteiger partial charge in [-0.2, -0.15) is 0 Å². The van der Waals surface area contributed by atoms with E-state index < -0.39 is 0 Å². The minimum absolute atomic E-state index is 0.731. The summed E-state index contributed by atoms with van der Waals surface area (Å²) in [5.41, 5.74) is 2.24. The normalized spacial score (nSPS) is 11.6. The zero-order chi connectivity index (χ0) is 17.9. The van der Waals surface area contributed by atoms with Crippen molar-refractivity contribution in [3.63, 3.8) is 0 Å². The minimum atomic E-state index is 0.731. The summed E-state index contributed by atoms with van der Waals surface area (Å²) in [4.78, 5) is 10.2. The van der Waals surface area contributed by atoms with E-state index in [2.05, 4.69) is 34.7 Å². The highest BCUT2D eigenvalue weighted by Gasteiger charge is 2.09. The third-order valence-corrected chi connectivity index (χ3v) is 4.97. The first-order valence-corrected chi connectivity index (χ1v) is 9.60. The Kier molecular flexibility index (Phi) is 8.42. The number of guanidine groups is 1. The summed E-state index contributed by atoms with van der Waals surface area (Å²) in [6.07, 6.45) is 2.13. The third-order valence-electron chi connectivity index (χ3n) is 3.77. The fraction of sp³-hybridized carbons (Fsp3) is 0.474. The van der Waals surface area contributed by atoms with Crippen molar-refractivity contribution in [3.8, 4) is 10.6 Å². The van der Waals surface area contributed by atoms with Crippen molar-refractivity contribution in [2.24, 2.45) is 4.99 Å². The first-order valence-electron chi connectivity index (χ1n) is 8.78. The monoisotopic (exact) mass is 360 g/mol. The smallest absolute Gasteiger partial charge is 0.191 e. The van der Waals surface area contributed by atoms with Crippen LogP contribution in [0.4, 0.5) is 0 Å². The number of benzene rings is 1. The zero-order valence-electron chi connectivity index (χ0n) is 15.3. The van der Waals surface area contributed by atoms with E-state index in [0.29, 0.717) is 0 Å². The molecule has 0 saturated heterocycles. The molecule has 0 aliphatic rings. The Balaban J connectivity index is 1.80. The van der Waals surface area contributed by atoms with Crippen molar-refractivity contribution in [1.29, 1.82) is 0 Å². The van der Waals surface area contributed by atoms with E-state index in [9.17, 15) is 0 Å². The van der Waals surface area contributed by atoms with Gasteiger partial charge in [-0.1, -0.05) is 30.3 Å². The molecule has 0 aliphatic carbocycles. The van der Waals surface area contributed by atoms with Crippen LogP contribution < -0.4 is 10.6 Å². The SMILES string of the molecule is CCOCCCCNC(=NC)NCc1sc(-c2ccccc2)nc1C. The molecule has 1 aromatic carbocycles. The molecule has 0 bridgehead atoms. The van der Waals surface area contributed by atoms with Crippen molar-refractivity contribution >= 4 is 17.3 Å². The van der Waals surface area contributed by atoms with Crippen LogP contribution in [-0.4, -0.2) is 37.7 Å². The van der Waals surface area contributed by atoms with Gasteiger partial charge in [-0.25, -0.2) is 4.98 Å². The number of nitrogens with one attached hydrogen (secondary N) is 2. The fourth-order valence-corrected chi connectivity index (χ4v) is 3.37. The van der Waals surface area contributed by atoms with E-state index in [0.717, 1.165) is 55.8 Å². The average Bonchev–Trinajstić information content (AvgIpc) is 3.02. The highest BCUT2D eigenvalue weighted by Crippen LogP contribution is 2.27. The molecule has 0 atom stereocenters. The Hall–Kier alpha value is -1.92. The van der Waals surface area contributed by atoms with E-state index in [1.807, 2.05) is 25.1 Å². The van der Waals surface area contributed by atoms with Crippen LogP contribution in [0.2, 0.25) is 0 Å². The van der Waals surface area contributed by atoms with E-state index >= 15 is 0 Å². The predicted molar refractivity (Wildman–Crippen MR) is 106 cm³/mol. The lowest BCUT2D eigenvalue weighted by molar-refractivity contribution is 0.143. The number of unbranched alkanes of at least 4 members (excludes halogenated alkanes) is 1. The number of rotatable bonds is 9. The van der Waals surface area contributed by atoms with Gasteiger partial charge in [0.25, 0.3) is 0 Å². The molecule has 0 saturated carbocycles. The Morgan fingerprint density at radius 1 is 1.20 bits per heavy atom. The summed E-state index contributed by atoms with van der Waals surface area (Å²) in [6.45, 7) is 7.32. The molecule has 0 unspecified atom stereocenters. The second kappa shape index (κ2) is 10.8. The second-order valence-electron chi connectivity index (χ2n) is 5.65. The number of hydrogen-bond donors (Lipinski definition) is 2. The summed E-state index contributed by atoms with van der Waals surface area (Å²) >= 11 is 1.73. The second-order valence-corrected chi connectivity index (χ2v) is 6.73. The number of hydrogen-bond acceptors (Lipinski definition) is 4. The predicted octanol–water partition coefficient (Wildman–Crippen LogP) is 3.60. The molecular formula is C19H28N4OS. The lowest BCUT2D eigenvalue weighted by Gasteiger charge is -2.11. The number of ether oxygens (including phenoxy) is 1. The van der Waals surface area contributed by atoms with Crippen LogP contribution in [0.1, 0.15) is 30.3 Å². The first-order chi connectivity index (χ1) is 12.2. The van der Waals surface area contributed by atoms with Crippen molar-refractivity contribution in [3.05, 3.63) is 40.9 Å². The van der Waals surface area contributed by atoms with Crippen molar-refractivity contribution < 1.29 is 4.74 Å². The first kappa shape index (κ1) is 19.4. The van der Waals surface area contributed by atoms with Crippen LogP contribution in [0, 0.1) is 6.92 Å².